The van der Waals surface area contributed by atoms with Crippen LogP contribution in [0.1, 0.15) is 118 Å². The van der Waals surface area contributed by atoms with E-state index >= 15 is 0 Å². The van der Waals surface area contributed by atoms with Crippen molar-refractivity contribution >= 4 is 41.0 Å². The molecule has 0 saturated heterocycles. The molecule has 4 nitrogen and oxygen atoms in total. The molecule has 4 fully saturated rings. The minimum absolute atomic E-state index is 0. The summed E-state index contributed by atoms with van der Waals surface area (Å²) in [6, 6.07) is 29.1. The van der Waals surface area contributed by atoms with Crippen molar-refractivity contribution in [2.75, 3.05) is 11.9 Å². The summed E-state index contributed by atoms with van der Waals surface area (Å²) in [5.74, 6) is 3.08. The lowest BCUT2D eigenvalue weighted by molar-refractivity contribution is 0.0941. The molecule has 0 spiro atoms. The van der Waals surface area contributed by atoms with Gasteiger partial charge in [-0.2, -0.15) is 13.5 Å². The molecule has 4 saturated carbocycles. The molecule has 332 valence electrons. The van der Waals surface area contributed by atoms with Crippen molar-refractivity contribution in [1.29, 1.82) is 4.78 Å². The summed E-state index contributed by atoms with van der Waals surface area (Å²) in [7, 11) is -5.35. The molecule has 0 bridgehead atoms. The highest BCUT2D eigenvalue weighted by Crippen LogP contribution is 2.60. The van der Waals surface area contributed by atoms with E-state index < -0.39 is 16.9 Å². The normalized spacial score (nSPS) is 27.4. The third kappa shape index (κ3) is 13.0. The molecule has 3 aromatic rings. The van der Waals surface area contributed by atoms with Crippen molar-refractivity contribution < 1.29 is 13.9 Å². The van der Waals surface area contributed by atoms with Crippen molar-refractivity contribution in [3.63, 3.8) is 0 Å². The smallest absolute Gasteiger partial charge is 0.146 e. The Balaban J connectivity index is 0.000000268. The van der Waals surface area contributed by atoms with E-state index in [-0.39, 0.29) is 19.6 Å². The third-order valence-corrected chi connectivity index (χ3v) is 18.9. The van der Waals surface area contributed by atoms with Gasteiger partial charge in [-0.25, -0.2) is 8.99 Å². The molecular weight excluding hydrogens is 806 g/mol. The molecule has 0 aromatic heterocycles. The number of hydrogen-bond acceptors (Lipinski definition) is 4. The molecule has 7 atom stereocenters. The number of allylic oxidation sites excluding steroid dienone is 7. The number of hydrogen-bond donors (Lipinski definition) is 2. The summed E-state index contributed by atoms with van der Waals surface area (Å²) in [5.41, 5.74) is 6.90. The maximum absolute atomic E-state index is 14.0. The van der Waals surface area contributed by atoms with Gasteiger partial charge < -0.3 is 9.67 Å². The SMILES string of the molecule is C=C1CC[C@H](C)C/C1=C/CP(=O)(c1ccccc1)c1ccccc1.C=C1CC[C@H](O)C/C1=C/C=C1\CCC[C@]2(C)[C@@H]([C@H](C)CCCS(=N)(=O)c3ccccc3)CC[C@@H]12.CC.S. The molecule has 0 aliphatic heterocycles. The zero-order valence-electron chi connectivity index (χ0n) is 37.9. The van der Waals surface area contributed by atoms with Gasteiger partial charge in [0.05, 0.1) is 15.8 Å². The minimum atomic E-state index is -2.69. The fourth-order valence-electron chi connectivity index (χ4n) is 10.5. The van der Waals surface area contributed by atoms with Gasteiger partial charge in [-0.05, 0) is 136 Å². The summed E-state index contributed by atoms with van der Waals surface area (Å²) in [5, 5.41) is 11.9. The van der Waals surface area contributed by atoms with E-state index in [0.29, 0.717) is 45.9 Å². The quantitative estimate of drug-likeness (QED) is 0.188. The Hall–Kier alpha value is -3.15. The first-order valence-electron chi connectivity index (χ1n) is 22.9. The van der Waals surface area contributed by atoms with Crippen LogP contribution in [0.15, 0.2) is 155 Å². The lowest BCUT2D eigenvalue weighted by Crippen LogP contribution is -2.36. The van der Waals surface area contributed by atoms with Crippen LogP contribution in [-0.2, 0) is 14.3 Å². The summed E-state index contributed by atoms with van der Waals surface area (Å²) < 4.78 is 35.3. The van der Waals surface area contributed by atoms with Gasteiger partial charge in [0.2, 0.25) is 0 Å². The van der Waals surface area contributed by atoms with E-state index in [9.17, 15) is 13.9 Å². The molecule has 0 heterocycles. The Morgan fingerprint density at radius 2 is 1.41 bits per heavy atom. The number of aliphatic hydroxyl groups excluding tert-OH is 1. The van der Waals surface area contributed by atoms with Crippen LogP contribution in [0.25, 0.3) is 0 Å². The molecule has 61 heavy (non-hydrogen) atoms. The lowest BCUT2D eigenvalue weighted by Gasteiger charge is -2.44. The number of benzene rings is 3. The van der Waals surface area contributed by atoms with E-state index in [2.05, 4.69) is 52.2 Å². The maximum atomic E-state index is 14.0. The highest BCUT2D eigenvalue weighted by molar-refractivity contribution is 7.92. The van der Waals surface area contributed by atoms with E-state index in [1.54, 1.807) is 5.57 Å². The Morgan fingerprint density at radius 1 is 0.836 bits per heavy atom. The highest BCUT2D eigenvalue weighted by Gasteiger charge is 2.50. The van der Waals surface area contributed by atoms with Gasteiger partial charge in [-0.1, -0.05) is 162 Å². The van der Waals surface area contributed by atoms with Crippen LogP contribution in [-0.4, -0.2) is 27.3 Å². The number of nitrogens with one attached hydrogen (secondary N) is 1. The van der Waals surface area contributed by atoms with Gasteiger partial charge in [0.1, 0.15) is 7.14 Å². The molecule has 0 amide bonds. The van der Waals surface area contributed by atoms with Crippen LogP contribution in [0.2, 0.25) is 0 Å². The zero-order chi connectivity index (χ0) is 43.3. The summed E-state index contributed by atoms with van der Waals surface area (Å²) in [4.78, 5) is 0.667. The zero-order valence-corrected chi connectivity index (χ0v) is 40.6. The molecule has 2 N–H and O–H groups in total. The average molecular weight is 882 g/mol. The Kier molecular flexibility index (Phi) is 19.5. The van der Waals surface area contributed by atoms with Crippen molar-refractivity contribution in [1.82, 2.24) is 0 Å². The predicted octanol–water partition coefficient (Wildman–Crippen LogP) is 14.1. The third-order valence-electron chi connectivity index (χ3n) is 14.0. The van der Waals surface area contributed by atoms with Gasteiger partial charge in [-0.15, -0.1) is 0 Å². The summed E-state index contributed by atoms with van der Waals surface area (Å²) in [6.45, 7) is 19.6. The molecule has 7 rings (SSSR count). The predicted molar refractivity (Wildman–Crippen MR) is 269 cm³/mol. The molecule has 7 heteroatoms. The van der Waals surface area contributed by atoms with Gasteiger partial charge >= 0.3 is 0 Å². The van der Waals surface area contributed by atoms with E-state index in [4.69, 9.17) is 4.78 Å². The molecular formula is C54H76NO3PS2. The molecule has 4 aliphatic carbocycles. The van der Waals surface area contributed by atoms with Crippen LogP contribution < -0.4 is 10.6 Å². The van der Waals surface area contributed by atoms with Crippen molar-refractivity contribution in [3.05, 3.63) is 150 Å². The summed E-state index contributed by atoms with van der Waals surface area (Å²) in [6.07, 6.45) is 21.2. The largest absolute Gasteiger partial charge is 0.393 e. The van der Waals surface area contributed by atoms with Gasteiger partial charge in [0.25, 0.3) is 0 Å². The first-order valence-corrected chi connectivity index (χ1v) is 26.6. The Morgan fingerprint density at radius 3 is 2.03 bits per heavy atom. The van der Waals surface area contributed by atoms with Crippen LogP contribution >= 0.6 is 20.6 Å². The van der Waals surface area contributed by atoms with Gasteiger partial charge in [-0.3, -0.25) is 0 Å². The molecule has 4 aliphatic rings. The Bertz CT molecular complexity index is 2080. The van der Waals surface area contributed by atoms with Gasteiger partial charge in [0.15, 0.2) is 0 Å². The second kappa shape index (κ2) is 23.5. The van der Waals surface area contributed by atoms with Crippen molar-refractivity contribution in [2.24, 2.45) is 29.1 Å². The maximum Gasteiger partial charge on any atom is 0.146 e. The number of fused-ring (bicyclic) bond motifs is 1. The number of aliphatic hydroxyl groups is 1. The average Bonchev–Trinajstić information content (AvgIpc) is 3.63. The van der Waals surface area contributed by atoms with E-state index in [1.165, 1.54) is 60.8 Å². The second-order valence-electron chi connectivity index (χ2n) is 18.1. The summed E-state index contributed by atoms with van der Waals surface area (Å²) >= 11 is 0. The monoisotopic (exact) mass is 882 g/mol. The van der Waals surface area contributed by atoms with Crippen molar-refractivity contribution in [3.8, 4) is 0 Å². The number of rotatable bonds is 11. The van der Waals surface area contributed by atoms with Gasteiger partial charge in [0, 0.05) is 27.4 Å². The first-order chi connectivity index (χ1) is 28.8. The molecule has 1 unspecified atom stereocenters. The van der Waals surface area contributed by atoms with E-state index in [1.807, 2.05) is 105 Å². The lowest BCUT2D eigenvalue weighted by atomic mass is 9.61. The second-order valence-corrected chi connectivity index (χ2v) is 23.2. The topological polar surface area (TPSA) is 78.2 Å². The first kappa shape index (κ1) is 50.5. The van der Waals surface area contributed by atoms with Crippen LogP contribution in [0, 0.1) is 33.9 Å². The molecule has 0 radical (unpaired) electrons. The van der Waals surface area contributed by atoms with E-state index in [0.717, 1.165) is 55.6 Å². The van der Waals surface area contributed by atoms with Crippen LogP contribution in [0.5, 0.6) is 0 Å². The van der Waals surface area contributed by atoms with Crippen LogP contribution in [0.3, 0.4) is 0 Å². The fraction of sp³-hybridized carbons (Fsp3) is 0.481. The van der Waals surface area contributed by atoms with Crippen molar-refractivity contribution in [2.45, 2.75) is 129 Å². The van der Waals surface area contributed by atoms with Crippen LogP contribution in [0.4, 0.5) is 0 Å². The molecule has 3 aromatic carbocycles. The standard InChI is InChI=1S/C30H43NO2S.C22H25OP.C2H6.H2S/c1-22-13-16-26(32)21-25(22)15-14-24-10-7-19-30(3)28(17-18-29(24)30)23(2)9-8-20-34(31,33)27-11-5-4-6-12-27;1-18-13-14-19(2)20(17-18)15-16-24(23,21-9-5-3-6-10-21)22-11-7-4-8-12-22;1-2;/h4-6,11-12,14-15,23,26,28-29,31-32H,1,7-10,13,16-21H2,2-3H3;3-12,15,18H,2,13-14,16-17H2,1H3;1-2H3;1H2/b24-14+,25-15-;20-15-;;/t23-,26+,28-,29+,30-,34?;18-;;/m10../s1. The minimum Gasteiger partial charge on any atom is -0.393 e. The fourth-order valence-corrected chi connectivity index (χ4v) is 14.5. The Labute approximate surface area is 378 Å². The highest BCUT2D eigenvalue weighted by atomic mass is 32.2.